The van der Waals surface area contributed by atoms with Crippen molar-refractivity contribution in [2.45, 2.75) is 25.1 Å². The molecule has 0 aliphatic rings. The van der Waals surface area contributed by atoms with Gasteiger partial charge in [0.25, 0.3) is 0 Å². The predicted octanol–water partition coefficient (Wildman–Crippen LogP) is 2.38. The van der Waals surface area contributed by atoms with Crippen LogP contribution in [0.5, 0.6) is 0 Å². The Kier molecular flexibility index (Phi) is 5.69. The predicted molar refractivity (Wildman–Crippen MR) is 45.9 cm³/mol. The van der Waals surface area contributed by atoms with Crippen LogP contribution in [0.15, 0.2) is 0 Å². The summed E-state index contributed by atoms with van der Waals surface area (Å²) in [6.45, 7) is 3.97. The van der Waals surface area contributed by atoms with Crippen LogP contribution in [0.1, 0.15) is 20.3 Å². The molecule has 0 aliphatic carbocycles. The number of carbonyl (C=O) groups excluding carboxylic acids is 1. The summed E-state index contributed by atoms with van der Waals surface area (Å²) >= 11 is 11.1. The molecule has 66 valence electrons. The third kappa shape index (κ3) is 3.82. The summed E-state index contributed by atoms with van der Waals surface area (Å²) in [6.07, 6.45) is 0.608. The minimum absolute atomic E-state index is 0.315. The molecule has 0 saturated heterocycles. The Bertz CT molecular complexity index is 126. The summed E-state index contributed by atoms with van der Waals surface area (Å²) in [5.41, 5.74) is 0. The van der Waals surface area contributed by atoms with Crippen LogP contribution in [0.25, 0.3) is 0 Å². The van der Waals surface area contributed by atoms with E-state index >= 15 is 0 Å². The van der Waals surface area contributed by atoms with E-state index in [0.29, 0.717) is 13.0 Å². The highest BCUT2D eigenvalue weighted by molar-refractivity contribution is 6.45. The average Bonchev–Trinajstić information content (AvgIpc) is 1.88. The highest BCUT2D eigenvalue weighted by Crippen LogP contribution is 2.19. The van der Waals surface area contributed by atoms with Crippen molar-refractivity contribution in [2.75, 3.05) is 6.61 Å². The molecule has 0 saturated carbocycles. The topological polar surface area (TPSA) is 26.3 Å². The average molecular weight is 199 g/mol. The molecule has 0 bridgehead atoms. The van der Waals surface area contributed by atoms with Crippen LogP contribution in [0.3, 0.4) is 0 Å². The maximum absolute atomic E-state index is 11.0. The Balaban J connectivity index is 3.92. The maximum Gasteiger partial charge on any atom is 0.311 e. The molecule has 2 nitrogen and oxygen atoms in total. The summed E-state index contributed by atoms with van der Waals surface area (Å²) in [7, 11) is 0. The Labute approximate surface area is 76.8 Å². The van der Waals surface area contributed by atoms with E-state index in [1.54, 1.807) is 6.92 Å². The van der Waals surface area contributed by atoms with Crippen molar-refractivity contribution in [3.63, 3.8) is 0 Å². The molecule has 0 rings (SSSR count). The van der Waals surface area contributed by atoms with Gasteiger partial charge in [-0.2, -0.15) is 0 Å². The molecule has 0 aromatic carbocycles. The molecular formula is C7H12Cl2O2. The lowest BCUT2D eigenvalue weighted by atomic mass is 10.1. The minimum atomic E-state index is -0.668. The zero-order chi connectivity index (χ0) is 8.85. The van der Waals surface area contributed by atoms with E-state index in [4.69, 9.17) is 27.9 Å². The molecule has 0 fully saturated rings. The maximum atomic E-state index is 11.0. The van der Waals surface area contributed by atoms with Crippen molar-refractivity contribution in [3.8, 4) is 0 Å². The summed E-state index contributed by atoms with van der Waals surface area (Å²) in [4.78, 5) is 10.4. The second-order valence-corrected chi connectivity index (χ2v) is 3.27. The second kappa shape index (κ2) is 5.67. The Morgan fingerprint density at radius 3 is 2.27 bits per heavy atom. The summed E-state index contributed by atoms with van der Waals surface area (Å²) in [5.74, 6) is -0.705. The van der Waals surface area contributed by atoms with Crippen LogP contribution in [0.2, 0.25) is 0 Å². The molecule has 1 atom stereocenters. The van der Waals surface area contributed by atoms with Crippen LogP contribution < -0.4 is 0 Å². The number of rotatable bonds is 4. The molecule has 0 aliphatic heterocycles. The number of hydrogen-bond donors (Lipinski definition) is 0. The fraction of sp³-hybridized carbons (Fsp3) is 0.857. The molecule has 0 radical (unpaired) electrons. The van der Waals surface area contributed by atoms with Gasteiger partial charge in [-0.1, -0.05) is 6.92 Å². The van der Waals surface area contributed by atoms with Gasteiger partial charge in [-0.3, -0.25) is 4.79 Å². The molecule has 0 aromatic rings. The zero-order valence-electron chi connectivity index (χ0n) is 6.64. The van der Waals surface area contributed by atoms with Gasteiger partial charge in [-0.05, 0) is 13.3 Å². The van der Waals surface area contributed by atoms with E-state index in [0.717, 1.165) is 0 Å². The zero-order valence-corrected chi connectivity index (χ0v) is 8.15. The van der Waals surface area contributed by atoms with Crippen molar-refractivity contribution >= 4 is 29.2 Å². The number of halogens is 2. The monoisotopic (exact) mass is 198 g/mol. The first kappa shape index (κ1) is 11.1. The Morgan fingerprint density at radius 1 is 1.45 bits per heavy atom. The van der Waals surface area contributed by atoms with Crippen LogP contribution in [-0.2, 0) is 9.53 Å². The van der Waals surface area contributed by atoms with Crippen LogP contribution in [0.4, 0.5) is 0 Å². The normalized spacial score (nSPS) is 13.2. The summed E-state index contributed by atoms with van der Waals surface area (Å²) in [6, 6.07) is 0. The van der Waals surface area contributed by atoms with E-state index in [1.165, 1.54) is 0 Å². The number of hydrogen-bond acceptors (Lipinski definition) is 2. The largest absolute Gasteiger partial charge is 0.466 e. The quantitative estimate of drug-likeness (QED) is 0.513. The van der Waals surface area contributed by atoms with Gasteiger partial charge in [0.05, 0.1) is 12.5 Å². The smallest absolute Gasteiger partial charge is 0.311 e. The van der Waals surface area contributed by atoms with Gasteiger partial charge < -0.3 is 4.74 Å². The summed E-state index contributed by atoms with van der Waals surface area (Å²) < 4.78 is 4.75. The van der Waals surface area contributed by atoms with E-state index in [2.05, 4.69) is 0 Å². The lowest BCUT2D eigenvalue weighted by Crippen LogP contribution is -2.22. The van der Waals surface area contributed by atoms with E-state index < -0.39 is 10.8 Å². The summed E-state index contributed by atoms with van der Waals surface area (Å²) in [5, 5.41) is 0. The number of alkyl halides is 2. The first-order chi connectivity index (χ1) is 5.13. The first-order valence-corrected chi connectivity index (χ1v) is 4.45. The fourth-order valence-corrected chi connectivity index (χ4v) is 1.26. The van der Waals surface area contributed by atoms with Crippen molar-refractivity contribution in [2.24, 2.45) is 5.92 Å². The van der Waals surface area contributed by atoms with Crippen LogP contribution in [0, 0.1) is 5.92 Å². The molecule has 0 aromatic heterocycles. The molecule has 4 heteroatoms. The first-order valence-electron chi connectivity index (χ1n) is 3.58. The molecule has 0 N–H and O–H groups in total. The third-order valence-electron chi connectivity index (χ3n) is 1.33. The van der Waals surface area contributed by atoms with Crippen molar-refractivity contribution in [3.05, 3.63) is 0 Å². The highest BCUT2D eigenvalue weighted by atomic mass is 35.5. The number of carbonyl (C=O) groups is 1. The van der Waals surface area contributed by atoms with Crippen LogP contribution >= 0.6 is 23.2 Å². The van der Waals surface area contributed by atoms with E-state index in [1.807, 2.05) is 6.92 Å². The Morgan fingerprint density at radius 2 is 2.00 bits per heavy atom. The van der Waals surface area contributed by atoms with Crippen molar-refractivity contribution in [1.29, 1.82) is 0 Å². The molecule has 0 amide bonds. The number of esters is 1. The molecule has 1 unspecified atom stereocenters. The van der Waals surface area contributed by atoms with Gasteiger partial charge in [0, 0.05) is 0 Å². The van der Waals surface area contributed by atoms with Crippen molar-refractivity contribution in [1.82, 2.24) is 0 Å². The van der Waals surface area contributed by atoms with Gasteiger partial charge in [-0.25, -0.2) is 0 Å². The SMILES string of the molecule is CCOC(=O)C(CC)C(Cl)Cl. The molecule has 0 spiro atoms. The molecule has 0 heterocycles. The fourth-order valence-electron chi connectivity index (χ4n) is 0.697. The highest BCUT2D eigenvalue weighted by Gasteiger charge is 2.24. The van der Waals surface area contributed by atoms with Gasteiger partial charge in [0.15, 0.2) is 0 Å². The molecule has 11 heavy (non-hydrogen) atoms. The Hall–Kier alpha value is 0.0500. The van der Waals surface area contributed by atoms with Crippen molar-refractivity contribution < 1.29 is 9.53 Å². The van der Waals surface area contributed by atoms with Gasteiger partial charge in [0.1, 0.15) is 4.84 Å². The minimum Gasteiger partial charge on any atom is -0.466 e. The van der Waals surface area contributed by atoms with Gasteiger partial charge >= 0.3 is 5.97 Å². The van der Waals surface area contributed by atoms with Gasteiger partial charge in [-0.15, -0.1) is 23.2 Å². The second-order valence-electron chi connectivity index (χ2n) is 2.10. The van der Waals surface area contributed by atoms with E-state index in [9.17, 15) is 4.79 Å². The number of ether oxygens (including phenoxy) is 1. The standard InChI is InChI=1S/C7H12Cl2O2/c1-3-5(6(8)9)7(10)11-4-2/h5-6H,3-4H2,1-2H3. The third-order valence-corrected chi connectivity index (χ3v) is 1.94. The van der Waals surface area contributed by atoms with Crippen LogP contribution in [-0.4, -0.2) is 17.4 Å². The lowest BCUT2D eigenvalue weighted by Gasteiger charge is -2.13. The lowest BCUT2D eigenvalue weighted by molar-refractivity contribution is -0.147. The van der Waals surface area contributed by atoms with Gasteiger partial charge in [0.2, 0.25) is 0 Å². The molecular weight excluding hydrogens is 187 g/mol. The van der Waals surface area contributed by atoms with E-state index in [-0.39, 0.29) is 5.97 Å².